The highest BCUT2D eigenvalue weighted by atomic mass is 32.1. The number of hydrogen-bond donors (Lipinski definition) is 5. The van der Waals surface area contributed by atoms with Crippen LogP contribution in [0.15, 0.2) is 17.5 Å². The molecule has 9 nitrogen and oxygen atoms in total. The van der Waals surface area contributed by atoms with Crippen LogP contribution in [-0.4, -0.2) is 56.1 Å². The Balaban J connectivity index is 1.29. The van der Waals surface area contributed by atoms with Gasteiger partial charge >= 0.3 is 0 Å². The summed E-state index contributed by atoms with van der Waals surface area (Å²) in [5.74, 6) is 1.11. The lowest BCUT2D eigenvalue weighted by Gasteiger charge is -2.33. The zero-order chi connectivity index (χ0) is 22.1. The number of nitrogens with one attached hydrogen (secondary N) is 4. The van der Waals surface area contributed by atoms with Gasteiger partial charge in [0, 0.05) is 24.7 Å². The van der Waals surface area contributed by atoms with Gasteiger partial charge in [-0.15, -0.1) is 11.3 Å². The molecule has 0 bridgehead atoms. The summed E-state index contributed by atoms with van der Waals surface area (Å²) >= 11 is 2.82. The van der Waals surface area contributed by atoms with Crippen LogP contribution in [-0.2, 0) is 0 Å². The van der Waals surface area contributed by atoms with Gasteiger partial charge in [-0.25, -0.2) is 4.98 Å². The van der Waals surface area contributed by atoms with Crippen LogP contribution >= 0.6 is 22.9 Å². The van der Waals surface area contributed by atoms with Crippen molar-refractivity contribution in [3.8, 4) is 0 Å². The van der Waals surface area contributed by atoms with Gasteiger partial charge in [0.15, 0.2) is 0 Å². The quantitative estimate of drug-likeness (QED) is 0.370. The van der Waals surface area contributed by atoms with Crippen molar-refractivity contribution in [2.45, 2.75) is 56.7 Å². The summed E-state index contributed by atoms with van der Waals surface area (Å²) in [4.78, 5) is 21.8. The molecule has 3 aromatic rings. The molecule has 1 aliphatic carbocycles. The fourth-order valence-electron chi connectivity index (χ4n) is 4.18. The molecule has 5 rings (SSSR count). The molecule has 1 saturated heterocycles. The van der Waals surface area contributed by atoms with Crippen LogP contribution in [0, 0.1) is 0 Å². The molecule has 5 N–H and O–H groups in total. The van der Waals surface area contributed by atoms with Gasteiger partial charge in [0.2, 0.25) is 5.95 Å². The zero-order valence-corrected chi connectivity index (χ0v) is 19.5. The molecule has 11 heteroatoms. The van der Waals surface area contributed by atoms with Gasteiger partial charge in [-0.05, 0) is 68.6 Å². The number of carbonyl (C=O) groups excluding carboxylic acids is 1. The molecule has 0 radical (unpaired) electrons. The van der Waals surface area contributed by atoms with Gasteiger partial charge in [-0.3, -0.25) is 4.79 Å². The molecule has 0 unspecified atom stereocenters. The van der Waals surface area contributed by atoms with Gasteiger partial charge in [0.05, 0.1) is 15.8 Å². The molecule has 0 spiro atoms. The number of aliphatic hydroxyl groups is 1. The molecule has 1 atom stereocenters. The number of carbonyl (C=O) groups is 1. The first-order valence-electron chi connectivity index (χ1n) is 10.9. The third-order valence-corrected chi connectivity index (χ3v) is 7.70. The van der Waals surface area contributed by atoms with Crippen LogP contribution in [0.25, 0.3) is 10.2 Å². The van der Waals surface area contributed by atoms with Crippen LogP contribution in [0.4, 0.5) is 16.8 Å². The SMILES string of the molecule is C[C@]1(O)CC[C@H](Nc2nc(Nc3cc(C(=O)N[C@@H]4CCNC4)ns3)nc3ccsc23)CC1. The number of nitrogens with zero attached hydrogens (tertiary/aromatic N) is 3. The maximum Gasteiger partial charge on any atom is 0.271 e. The van der Waals surface area contributed by atoms with Gasteiger partial charge in [0.25, 0.3) is 5.91 Å². The number of rotatable bonds is 6. The van der Waals surface area contributed by atoms with Crippen molar-refractivity contribution in [2.75, 3.05) is 23.7 Å². The summed E-state index contributed by atoms with van der Waals surface area (Å²) in [5, 5.41) is 26.0. The van der Waals surface area contributed by atoms with E-state index in [9.17, 15) is 9.90 Å². The van der Waals surface area contributed by atoms with Crippen LogP contribution in [0.5, 0.6) is 0 Å². The van der Waals surface area contributed by atoms with Crippen molar-refractivity contribution in [3.05, 3.63) is 23.2 Å². The van der Waals surface area contributed by atoms with E-state index in [1.165, 1.54) is 11.5 Å². The van der Waals surface area contributed by atoms with Crippen LogP contribution in [0.1, 0.15) is 49.5 Å². The molecular formula is C21H27N7O2S2. The Morgan fingerprint density at radius 2 is 2.09 bits per heavy atom. The second-order valence-corrected chi connectivity index (χ2v) is 10.5. The van der Waals surface area contributed by atoms with Crippen molar-refractivity contribution in [2.24, 2.45) is 0 Å². The van der Waals surface area contributed by atoms with Gasteiger partial charge in [-0.1, -0.05) is 0 Å². The fourth-order valence-corrected chi connectivity index (χ4v) is 5.60. The lowest BCUT2D eigenvalue weighted by atomic mass is 9.84. The monoisotopic (exact) mass is 473 g/mol. The summed E-state index contributed by atoms with van der Waals surface area (Å²) in [5.41, 5.74) is 0.696. The second-order valence-electron chi connectivity index (χ2n) is 8.81. The van der Waals surface area contributed by atoms with Crippen molar-refractivity contribution >= 4 is 55.8 Å². The molecule has 1 amide bonds. The first-order valence-corrected chi connectivity index (χ1v) is 12.6. The Hall–Kier alpha value is -2.34. The normalized spacial score (nSPS) is 25.7. The van der Waals surface area contributed by atoms with Crippen molar-refractivity contribution in [1.82, 2.24) is 25.0 Å². The topological polar surface area (TPSA) is 124 Å². The van der Waals surface area contributed by atoms with E-state index in [1.807, 2.05) is 18.4 Å². The summed E-state index contributed by atoms with van der Waals surface area (Å²) < 4.78 is 5.31. The summed E-state index contributed by atoms with van der Waals surface area (Å²) in [6.07, 6.45) is 4.28. The standard InChI is InChI=1S/C21H27N7O2S2/c1-21(30)6-2-12(3-7-21)23-18-17-14(5-9-31-17)25-20(27-18)26-16-10-15(28-32-16)19(29)24-13-4-8-22-11-13/h5,9-10,12-13,22,30H,2-4,6-8,11H2,1H3,(H,24,29)(H2,23,25,26,27)/t12-,13-,21-/m1/s1. The first kappa shape index (κ1) is 21.5. The average Bonchev–Trinajstić information content (AvgIpc) is 3.51. The highest BCUT2D eigenvalue weighted by Crippen LogP contribution is 2.33. The van der Waals surface area contributed by atoms with Crippen molar-refractivity contribution in [1.29, 1.82) is 0 Å². The molecule has 3 aromatic heterocycles. The number of thiophene rings is 1. The summed E-state index contributed by atoms with van der Waals surface area (Å²) in [6, 6.07) is 4.14. The minimum Gasteiger partial charge on any atom is -0.390 e. The first-order chi connectivity index (χ1) is 15.4. The Kier molecular flexibility index (Phi) is 5.97. The largest absolute Gasteiger partial charge is 0.390 e. The lowest BCUT2D eigenvalue weighted by molar-refractivity contribution is 0.0196. The number of aromatic nitrogens is 3. The van der Waals surface area contributed by atoms with E-state index in [1.54, 1.807) is 17.4 Å². The molecule has 170 valence electrons. The van der Waals surface area contributed by atoms with Crippen LogP contribution in [0.3, 0.4) is 0 Å². The fraction of sp³-hybridized carbons (Fsp3) is 0.524. The van der Waals surface area contributed by atoms with E-state index in [2.05, 4.69) is 30.6 Å². The van der Waals surface area contributed by atoms with Crippen LogP contribution in [0.2, 0.25) is 0 Å². The van der Waals surface area contributed by atoms with Gasteiger partial charge < -0.3 is 26.4 Å². The Morgan fingerprint density at radius 1 is 1.25 bits per heavy atom. The predicted molar refractivity (Wildman–Crippen MR) is 128 cm³/mol. The molecule has 32 heavy (non-hydrogen) atoms. The van der Waals surface area contributed by atoms with E-state index < -0.39 is 5.60 Å². The summed E-state index contributed by atoms with van der Waals surface area (Å²) in [6.45, 7) is 3.62. The highest BCUT2D eigenvalue weighted by Gasteiger charge is 2.29. The zero-order valence-electron chi connectivity index (χ0n) is 17.9. The number of hydrogen-bond acceptors (Lipinski definition) is 10. The third-order valence-electron chi connectivity index (χ3n) is 6.08. The smallest absolute Gasteiger partial charge is 0.271 e. The van der Waals surface area contributed by atoms with Crippen molar-refractivity contribution < 1.29 is 9.90 Å². The Labute approximate surface area is 194 Å². The maximum absolute atomic E-state index is 12.4. The minimum absolute atomic E-state index is 0.155. The van der Waals surface area contributed by atoms with Gasteiger partial charge in [-0.2, -0.15) is 9.36 Å². The van der Waals surface area contributed by atoms with E-state index >= 15 is 0 Å². The molecule has 2 aliphatic rings. The van der Waals surface area contributed by atoms with Crippen molar-refractivity contribution in [3.63, 3.8) is 0 Å². The summed E-state index contributed by atoms with van der Waals surface area (Å²) in [7, 11) is 0. The molecular weight excluding hydrogens is 446 g/mol. The van der Waals surface area contributed by atoms with E-state index in [-0.39, 0.29) is 18.0 Å². The number of anilines is 3. The molecule has 1 saturated carbocycles. The average molecular weight is 474 g/mol. The lowest BCUT2D eigenvalue weighted by Crippen LogP contribution is -2.36. The number of fused-ring (bicyclic) bond motifs is 1. The minimum atomic E-state index is -0.570. The van der Waals surface area contributed by atoms with E-state index in [0.29, 0.717) is 16.6 Å². The second kappa shape index (κ2) is 8.89. The number of amides is 1. The third kappa shape index (κ3) is 4.85. The maximum atomic E-state index is 12.4. The van der Waals surface area contributed by atoms with Crippen LogP contribution < -0.4 is 21.3 Å². The van der Waals surface area contributed by atoms with E-state index in [0.717, 1.165) is 61.2 Å². The molecule has 4 heterocycles. The molecule has 0 aromatic carbocycles. The molecule has 2 fully saturated rings. The Bertz CT molecular complexity index is 1100. The predicted octanol–water partition coefficient (Wildman–Crippen LogP) is 3.09. The van der Waals surface area contributed by atoms with E-state index in [4.69, 9.17) is 4.98 Å². The van der Waals surface area contributed by atoms with Gasteiger partial charge in [0.1, 0.15) is 16.5 Å². The molecule has 1 aliphatic heterocycles. The highest BCUT2D eigenvalue weighted by molar-refractivity contribution is 7.17. The Morgan fingerprint density at radius 3 is 2.88 bits per heavy atom.